The summed E-state index contributed by atoms with van der Waals surface area (Å²) in [6.07, 6.45) is 4.63. The van der Waals surface area contributed by atoms with E-state index in [1.807, 2.05) is 30.3 Å². The number of carbonyl (C=O) groups excluding carboxylic acids is 2. The molecule has 0 aliphatic heterocycles. The van der Waals surface area contributed by atoms with Gasteiger partial charge in [0.2, 0.25) is 0 Å². The van der Waals surface area contributed by atoms with E-state index in [-0.39, 0.29) is 11.8 Å². The SMILES string of the molecule is COCCNC(=O)Nc1cc(-c2[nH]c3c(c2Cc2ccccc2)C(=O)CCC3)ccn1. The largest absolute Gasteiger partial charge is 0.383 e. The molecule has 2 aromatic heterocycles. The third-order valence-electron chi connectivity index (χ3n) is 5.40. The first-order valence-electron chi connectivity index (χ1n) is 10.5. The highest BCUT2D eigenvalue weighted by Crippen LogP contribution is 2.35. The summed E-state index contributed by atoms with van der Waals surface area (Å²) in [6.45, 7) is 0.848. The highest BCUT2D eigenvalue weighted by Gasteiger charge is 2.26. The van der Waals surface area contributed by atoms with Crippen molar-refractivity contribution in [2.75, 3.05) is 25.6 Å². The van der Waals surface area contributed by atoms with E-state index >= 15 is 0 Å². The second-order valence-corrected chi connectivity index (χ2v) is 7.57. The van der Waals surface area contributed by atoms with Gasteiger partial charge in [-0.15, -0.1) is 0 Å². The lowest BCUT2D eigenvalue weighted by Crippen LogP contribution is -2.31. The molecule has 1 aromatic carbocycles. The average Bonchev–Trinajstić information content (AvgIpc) is 3.14. The smallest absolute Gasteiger partial charge is 0.320 e. The van der Waals surface area contributed by atoms with Gasteiger partial charge in [0.1, 0.15) is 5.82 Å². The van der Waals surface area contributed by atoms with Gasteiger partial charge in [-0.2, -0.15) is 0 Å². The predicted octanol–water partition coefficient (Wildman–Crippen LogP) is 3.95. The summed E-state index contributed by atoms with van der Waals surface area (Å²) in [5, 5.41) is 5.47. The lowest BCUT2D eigenvalue weighted by Gasteiger charge is -2.12. The van der Waals surface area contributed by atoms with E-state index in [4.69, 9.17) is 4.74 Å². The van der Waals surface area contributed by atoms with Gasteiger partial charge in [0.15, 0.2) is 5.78 Å². The van der Waals surface area contributed by atoms with E-state index in [2.05, 4.69) is 32.7 Å². The van der Waals surface area contributed by atoms with Gasteiger partial charge in [-0.3, -0.25) is 10.1 Å². The number of fused-ring (bicyclic) bond motifs is 1. The minimum Gasteiger partial charge on any atom is -0.383 e. The summed E-state index contributed by atoms with van der Waals surface area (Å²) < 4.78 is 4.94. The van der Waals surface area contributed by atoms with E-state index in [9.17, 15) is 9.59 Å². The number of hydrogen-bond donors (Lipinski definition) is 3. The minimum atomic E-state index is -0.341. The topological polar surface area (TPSA) is 96.1 Å². The van der Waals surface area contributed by atoms with Gasteiger partial charge in [-0.05, 0) is 36.1 Å². The summed E-state index contributed by atoms with van der Waals surface area (Å²) in [4.78, 5) is 32.6. The van der Waals surface area contributed by atoms with Crippen LogP contribution in [0.25, 0.3) is 11.3 Å². The number of methoxy groups -OCH3 is 1. The predicted molar refractivity (Wildman–Crippen MR) is 119 cm³/mol. The number of anilines is 1. The van der Waals surface area contributed by atoms with Crippen molar-refractivity contribution < 1.29 is 14.3 Å². The maximum Gasteiger partial charge on any atom is 0.320 e. The van der Waals surface area contributed by atoms with Gasteiger partial charge in [0.05, 0.1) is 12.3 Å². The first kappa shape index (κ1) is 20.8. The van der Waals surface area contributed by atoms with Crippen LogP contribution in [0.5, 0.6) is 0 Å². The van der Waals surface area contributed by atoms with E-state index in [1.54, 1.807) is 13.3 Å². The maximum atomic E-state index is 12.8. The van der Waals surface area contributed by atoms with Crippen molar-refractivity contribution >= 4 is 17.6 Å². The normalized spacial score (nSPS) is 13.0. The van der Waals surface area contributed by atoms with Crippen LogP contribution < -0.4 is 10.6 Å². The number of rotatable bonds is 7. The van der Waals surface area contributed by atoms with Crippen LogP contribution in [0.15, 0.2) is 48.7 Å². The van der Waals surface area contributed by atoms with Crippen LogP contribution in [0.4, 0.5) is 10.6 Å². The number of Topliss-reactive ketones (excluding diaryl/α,β-unsaturated/α-hetero) is 1. The molecule has 3 N–H and O–H groups in total. The molecular weight excluding hydrogens is 392 g/mol. The van der Waals surface area contributed by atoms with Crippen LogP contribution in [0.3, 0.4) is 0 Å². The average molecular weight is 418 g/mol. The highest BCUT2D eigenvalue weighted by molar-refractivity contribution is 6.01. The molecule has 0 radical (unpaired) electrons. The Balaban J connectivity index is 1.66. The van der Waals surface area contributed by atoms with Crippen molar-refractivity contribution in [1.82, 2.24) is 15.3 Å². The summed E-state index contributed by atoms with van der Waals surface area (Å²) >= 11 is 0. The number of ether oxygens (including phenoxy) is 1. The van der Waals surface area contributed by atoms with Crippen molar-refractivity contribution in [2.24, 2.45) is 0 Å². The van der Waals surface area contributed by atoms with Crippen molar-refractivity contribution in [3.63, 3.8) is 0 Å². The maximum absolute atomic E-state index is 12.8. The molecule has 1 aliphatic rings. The number of nitrogens with zero attached hydrogens (tertiary/aromatic N) is 1. The number of aryl methyl sites for hydroxylation is 1. The lowest BCUT2D eigenvalue weighted by molar-refractivity contribution is 0.0971. The second kappa shape index (κ2) is 9.57. The number of carbonyl (C=O) groups is 2. The van der Waals surface area contributed by atoms with Crippen LogP contribution in [0, 0.1) is 0 Å². The number of hydrogen-bond acceptors (Lipinski definition) is 4. The molecule has 7 nitrogen and oxygen atoms in total. The molecule has 31 heavy (non-hydrogen) atoms. The molecule has 0 fully saturated rings. The van der Waals surface area contributed by atoms with Gasteiger partial charge in [0.25, 0.3) is 0 Å². The molecule has 0 saturated heterocycles. The van der Waals surface area contributed by atoms with Gasteiger partial charge < -0.3 is 15.0 Å². The Hall–Kier alpha value is -3.45. The molecule has 3 aromatic rings. The monoisotopic (exact) mass is 418 g/mol. The zero-order valence-corrected chi connectivity index (χ0v) is 17.5. The fraction of sp³-hybridized carbons (Fsp3) is 0.292. The number of amides is 2. The minimum absolute atomic E-state index is 0.194. The number of aromatic nitrogens is 2. The first-order valence-corrected chi connectivity index (χ1v) is 10.5. The standard InChI is InChI=1S/C24H26N4O3/c1-31-13-12-26-24(30)28-21-15-17(10-11-25-21)23-18(14-16-6-3-2-4-7-16)22-19(27-23)8-5-9-20(22)29/h2-4,6-7,10-11,15,27H,5,8-9,12-14H2,1H3,(H2,25,26,28,30). The summed E-state index contributed by atoms with van der Waals surface area (Å²) in [6, 6.07) is 13.5. The summed E-state index contributed by atoms with van der Waals surface area (Å²) in [5.41, 5.74) is 5.78. The van der Waals surface area contributed by atoms with E-state index in [1.165, 1.54) is 0 Å². The Labute approximate surface area is 181 Å². The number of pyridine rings is 1. The molecule has 7 heteroatoms. The van der Waals surface area contributed by atoms with Gasteiger partial charge in [-0.1, -0.05) is 30.3 Å². The second-order valence-electron chi connectivity index (χ2n) is 7.57. The van der Waals surface area contributed by atoms with Gasteiger partial charge >= 0.3 is 6.03 Å². The van der Waals surface area contributed by atoms with E-state index in [0.29, 0.717) is 31.8 Å². The third-order valence-corrected chi connectivity index (χ3v) is 5.40. The van der Waals surface area contributed by atoms with Crippen molar-refractivity contribution in [2.45, 2.75) is 25.7 Å². The quantitative estimate of drug-likeness (QED) is 0.506. The Morgan fingerprint density at radius 1 is 1.19 bits per heavy atom. The lowest BCUT2D eigenvalue weighted by atomic mass is 9.90. The van der Waals surface area contributed by atoms with Crippen molar-refractivity contribution in [3.8, 4) is 11.3 Å². The Morgan fingerprint density at radius 2 is 2.03 bits per heavy atom. The Bertz CT molecular complexity index is 1080. The molecule has 0 unspecified atom stereocenters. The van der Waals surface area contributed by atoms with E-state index < -0.39 is 0 Å². The Morgan fingerprint density at radius 3 is 2.84 bits per heavy atom. The molecule has 2 heterocycles. The van der Waals surface area contributed by atoms with Gasteiger partial charge in [-0.25, -0.2) is 9.78 Å². The molecule has 0 atom stereocenters. The fourth-order valence-corrected chi connectivity index (χ4v) is 3.98. The van der Waals surface area contributed by atoms with Crippen LogP contribution in [-0.2, 0) is 17.6 Å². The molecular formula is C24H26N4O3. The van der Waals surface area contributed by atoms with Crippen LogP contribution >= 0.6 is 0 Å². The zero-order chi connectivity index (χ0) is 21.6. The van der Waals surface area contributed by atoms with Crippen molar-refractivity contribution in [3.05, 3.63) is 71.0 Å². The van der Waals surface area contributed by atoms with E-state index in [0.717, 1.165) is 46.5 Å². The molecule has 1 aliphatic carbocycles. The van der Waals surface area contributed by atoms with Crippen molar-refractivity contribution in [1.29, 1.82) is 0 Å². The summed E-state index contributed by atoms with van der Waals surface area (Å²) in [7, 11) is 1.58. The fourth-order valence-electron chi connectivity index (χ4n) is 3.98. The molecule has 2 amide bonds. The van der Waals surface area contributed by atoms with Crippen LogP contribution in [0.2, 0.25) is 0 Å². The molecule has 0 bridgehead atoms. The highest BCUT2D eigenvalue weighted by atomic mass is 16.5. The first-order chi connectivity index (χ1) is 15.2. The number of urea groups is 1. The number of aromatic amines is 1. The molecule has 4 rings (SSSR count). The van der Waals surface area contributed by atoms with Crippen LogP contribution in [-0.4, -0.2) is 42.0 Å². The van der Waals surface area contributed by atoms with Crippen LogP contribution in [0.1, 0.15) is 40.0 Å². The molecule has 0 spiro atoms. The van der Waals surface area contributed by atoms with Gasteiger partial charge in [0, 0.05) is 49.5 Å². The number of benzene rings is 1. The molecule has 0 saturated carbocycles. The number of H-pyrrole nitrogens is 1. The zero-order valence-electron chi connectivity index (χ0n) is 17.5. The number of nitrogens with one attached hydrogen (secondary N) is 3. The molecule has 160 valence electrons. The number of ketones is 1. The summed E-state index contributed by atoms with van der Waals surface area (Å²) in [5.74, 6) is 0.636. The Kier molecular flexibility index (Phi) is 6.43. The third kappa shape index (κ3) is 4.83.